The summed E-state index contributed by atoms with van der Waals surface area (Å²) < 4.78 is 0. The highest BCUT2D eigenvalue weighted by atomic mass is 15.1. The molecule has 0 atom stereocenters. The van der Waals surface area contributed by atoms with Crippen LogP contribution in [0.1, 0.15) is 464 Å². The standard InChI is InChI=1S/C136H176N6/c1-9-17-25-33-41-49-105-139(106-50-42-34-26-18-10-2)127-93-81-123(82-94-127)77-65-115-57-69-119(70-58-115)89-101-131-132(102-90-120-71-59-116(60-72-120)66-78-124-83-95-128(96-84-124)140(107-51-43-35-27-19-11-3)108-52-44-36-28-20-12-4)136(114-138)134(104-92-122-75-63-118(64-76-122)68-80-126-87-99-130(100-88-126)142(111-55-47-39-31-23-15-7)112-56-48-40-32-24-16-8)133(135(131)113-137)103-91-121-73-61-117(62-74-121)67-79-125-85-97-129(98-86-125)141(109-53-45-37-29-21-13-5)110-54-46-38-30-22-14-6/h57-88,93-100H,9-56,105-112H2,1-8H3/b77-65+,78-66+,79-67+,80-68+. The maximum atomic E-state index is 11.9. The number of rotatable bonds is 68. The van der Waals surface area contributed by atoms with Crippen LogP contribution in [0, 0.1) is 70.0 Å². The van der Waals surface area contributed by atoms with Crippen molar-refractivity contribution < 1.29 is 0 Å². The molecule has 0 aliphatic carbocycles. The highest BCUT2D eigenvalue weighted by molar-refractivity contribution is 5.79. The van der Waals surface area contributed by atoms with Gasteiger partial charge in [-0.3, -0.25) is 0 Å². The summed E-state index contributed by atoms with van der Waals surface area (Å²) in [5.74, 6) is 27.7. The van der Waals surface area contributed by atoms with Gasteiger partial charge in [0.25, 0.3) is 0 Å². The van der Waals surface area contributed by atoms with Gasteiger partial charge < -0.3 is 19.6 Å². The zero-order valence-electron chi connectivity index (χ0n) is 89.4. The summed E-state index contributed by atoms with van der Waals surface area (Å²) in [5, 5.41) is 23.7. The van der Waals surface area contributed by atoms with Gasteiger partial charge in [0.15, 0.2) is 0 Å². The second-order valence-corrected chi connectivity index (χ2v) is 39.8. The first-order chi connectivity index (χ1) is 70.1. The van der Waals surface area contributed by atoms with Crippen molar-refractivity contribution in [2.75, 3.05) is 72.0 Å². The topological polar surface area (TPSA) is 60.5 Å². The minimum Gasteiger partial charge on any atom is -0.372 e. The zero-order chi connectivity index (χ0) is 100.0. The summed E-state index contributed by atoms with van der Waals surface area (Å²) in [6.07, 6.45) is 79.5. The van der Waals surface area contributed by atoms with Gasteiger partial charge in [-0.2, -0.15) is 10.5 Å². The SMILES string of the molecule is CCCCCCCCN(CCCCCCCC)c1ccc(/C=C/c2ccc(C#Cc3c(C#N)c(C#Cc4ccc(/C=C/c5ccc(N(CCCCCCCC)CCCCCCCC)cc5)cc4)c(C#Cc4ccc(/C=C/c5ccc(N(CCCCCCCC)CCCCCCCC)cc5)cc4)c(C#N)c3C#Cc3ccc(/C=C/c4ccc(N(CCCCCCCC)CCCCCCCC)cc4)cc3)cc2)cc1. The lowest BCUT2D eigenvalue weighted by Crippen LogP contribution is -2.25. The van der Waals surface area contributed by atoms with Crippen LogP contribution in [-0.4, -0.2) is 52.4 Å². The van der Waals surface area contributed by atoms with Crippen molar-refractivity contribution in [3.63, 3.8) is 0 Å². The number of anilines is 4. The summed E-state index contributed by atoms with van der Waals surface area (Å²) in [6.45, 7) is 27.1. The Morgan fingerprint density at radius 2 is 0.282 bits per heavy atom. The molecule has 6 heteroatoms. The van der Waals surface area contributed by atoms with Crippen molar-refractivity contribution in [3.05, 3.63) is 294 Å². The average Bonchev–Trinajstić information content (AvgIpc) is 0.763. The van der Waals surface area contributed by atoms with Crippen molar-refractivity contribution >= 4 is 71.4 Å². The molecule has 0 N–H and O–H groups in total. The van der Waals surface area contributed by atoms with E-state index in [1.54, 1.807) is 0 Å². The van der Waals surface area contributed by atoms with Gasteiger partial charge in [0, 0.05) is 97.4 Å². The number of unbranched alkanes of at least 4 members (excludes halogenated alkanes) is 40. The van der Waals surface area contributed by atoms with Gasteiger partial charge in [0.1, 0.15) is 12.1 Å². The highest BCUT2D eigenvalue weighted by Gasteiger charge is 2.23. The van der Waals surface area contributed by atoms with E-state index in [0.29, 0.717) is 22.3 Å². The predicted octanol–water partition coefficient (Wildman–Crippen LogP) is 37.8. The lowest BCUT2D eigenvalue weighted by molar-refractivity contribution is 0.575. The second kappa shape index (κ2) is 71.7. The Morgan fingerprint density at radius 3 is 0.415 bits per heavy atom. The van der Waals surface area contributed by atoms with Gasteiger partial charge in [-0.25, -0.2) is 0 Å². The van der Waals surface area contributed by atoms with Crippen molar-refractivity contribution in [3.8, 4) is 59.5 Å². The zero-order valence-corrected chi connectivity index (χ0v) is 89.4. The number of hydrogen-bond donors (Lipinski definition) is 0. The van der Waals surface area contributed by atoms with Gasteiger partial charge in [-0.1, -0.05) is 505 Å². The molecule has 0 aromatic heterocycles. The number of nitrogens with zero attached hydrogens (tertiary/aromatic N) is 6. The van der Waals surface area contributed by atoms with Gasteiger partial charge in [-0.15, -0.1) is 0 Å². The smallest absolute Gasteiger partial charge is 0.102 e. The van der Waals surface area contributed by atoms with Crippen LogP contribution in [0.3, 0.4) is 0 Å². The van der Waals surface area contributed by atoms with Crippen LogP contribution in [0.2, 0.25) is 0 Å². The summed E-state index contributed by atoms with van der Waals surface area (Å²) in [6, 6.07) is 74.5. The fourth-order valence-corrected chi connectivity index (χ4v) is 18.8. The van der Waals surface area contributed by atoms with Crippen molar-refractivity contribution in [2.45, 2.75) is 364 Å². The molecule has 0 heterocycles. The minimum atomic E-state index is 0.207. The van der Waals surface area contributed by atoms with Crippen molar-refractivity contribution in [1.82, 2.24) is 0 Å². The van der Waals surface area contributed by atoms with Crippen LogP contribution in [-0.2, 0) is 0 Å². The first kappa shape index (κ1) is 114. The molecule has 142 heavy (non-hydrogen) atoms. The maximum absolute atomic E-state index is 11.9. The molecular weight excluding hydrogens is 1720 g/mol. The monoisotopic (exact) mass is 1890 g/mol. The molecule has 0 saturated carbocycles. The van der Waals surface area contributed by atoms with Crippen molar-refractivity contribution in [1.29, 1.82) is 10.5 Å². The third kappa shape index (κ3) is 44.5. The minimum absolute atomic E-state index is 0.207. The molecule has 9 rings (SSSR count). The molecule has 6 nitrogen and oxygen atoms in total. The van der Waals surface area contributed by atoms with Gasteiger partial charge in [0.2, 0.25) is 0 Å². The first-order valence-electron chi connectivity index (χ1n) is 56.7. The third-order valence-corrected chi connectivity index (χ3v) is 27.9. The van der Waals surface area contributed by atoms with E-state index in [1.807, 2.05) is 48.5 Å². The van der Waals surface area contributed by atoms with E-state index in [0.717, 1.165) is 119 Å². The summed E-state index contributed by atoms with van der Waals surface area (Å²) in [7, 11) is 0. The van der Waals surface area contributed by atoms with Crippen LogP contribution >= 0.6 is 0 Å². The summed E-state index contributed by atoms with van der Waals surface area (Å²) in [5.41, 5.74) is 18.6. The van der Waals surface area contributed by atoms with E-state index in [1.165, 1.54) is 331 Å². The van der Waals surface area contributed by atoms with Gasteiger partial charge >= 0.3 is 0 Å². The average molecular weight is 1890 g/mol. The molecule has 0 saturated heterocycles. The molecule has 0 amide bonds. The van der Waals surface area contributed by atoms with Crippen LogP contribution in [0.15, 0.2) is 194 Å². The number of hydrogen-bond acceptors (Lipinski definition) is 6. The lowest BCUT2D eigenvalue weighted by atomic mass is 9.87. The predicted molar refractivity (Wildman–Crippen MR) is 623 cm³/mol. The van der Waals surface area contributed by atoms with E-state index in [-0.39, 0.29) is 11.1 Å². The fourth-order valence-electron chi connectivity index (χ4n) is 18.8. The molecule has 0 aliphatic rings. The Kier molecular flexibility index (Phi) is 57.6. The van der Waals surface area contributed by atoms with E-state index < -0.39 is 0 Å². The maximum Gasteiger partial charge on any atom is 0.102 e. The Hall–Kier alpha value is -11.6. The quantitative estimate of drug-likeness (QED) is 0.0215. The van der Waals surface area contributed by atoms with E-state index in [2.05, 4.69) is 329 Å². The Balaban J connectivity index is 1.07. The van der Waals surface area contributed by atoms with E-state index in [9.17, 15) is 10.5 Å². The van der Waals surface area contributed by atoms with Crippen LogP contribution < -0.4 is 19.6 Å². The van der Waals surface area contributed by atoms with Crippen LogP contribution in [0.25, 0.3) is 48.6 Å². The molecule has 0 unspecified atom stereocenters. The fraction of sp³-hybridized carbons (Fsp3) is 0.471. The summed E-state index contributed by atoms with van der Waals surface area (Å²) >= 11 is 0. The number of benzene rings is 9. The Labute approximate surface area is 865 Å². The lowest BCUT2D eigenvalue weighted by Gasteiger charge is -2.25. The molecule has 0 spiro atoms. The Bertz CT molecular complexity index is 4710. The van der Waals surface area contributed by atoms with Crippen LogP contribution in [0.4, 0.5) is 22.7 Å². The molecule has 9 aromatic rings. The Morgan fingerprint density at radius 1 is 0.155 bits per heavy atom. The van der Waals surface area contributed by atoms with E-state index in [4.69, 9.17) is 0 Å². The van der Waals surface area contributed by atoms with E-state index >= 15 is 0 Å². The van der Waals surface area contributed by atoms with Gasteiger partial charge in [-0.05, 0) is 193 Å². The first-order valence-corrected chi connectivity index (χ1v) is 56.7. The molecule has 9 aromatic carbocycles. The molecule has 0 radical (unpaired) electrons. The highest BCUT2D eigenvalue weighted by Crippen LogP contribution is 2.31. The van der Waals surface area contributed by atoms with Crippen molar-refractivity contribution in [2.24, 2.45) is 0 Å². The molecule has 0 fully saturated rings. The molecule has 750 valence electrons. The molecular formula is C136H176N6. The van der Waals surface area contributed by atoms with Gasteiger partial charge in [0.05, 0.1) is 33.4 Å². The third-order valence-electron chi connectivity index (χ3n) is 27.9. The van der Waals surface area contributed by atoms with Crippen LogP contribution in [0.5, 0.6) is 0 Å². The number of nitriles is 2. The molecule has 0 aliphatic heterocycles. The summed E-state index contributed by atoms with van der Waals surface area (Å²) in [4.78, 5) is 10.5. The normalized spacial score (nSPS) is 11.2. The second-order valence-electron chi connectivity index (χ2n) is 39.8. The molecule has 0 bridgehead atoms. The largest absolute Gasteiger partial charge is 0.372 e.